The van der Waals surface area contributed by atoms with E-state index in [0.717, 1.165) is 12.8 Å². The van der Waals surface area contributed by atoms with Crippen molar-refractivity contribution in [1.82, 2.24) is 0 Å². The maximum absolute atomic E-state index is 12.1. The molecule has 1 N–H and O–H groups in total. The van der Waals surface area contributed by atoms with Gasteiger partial charge in [0, 0.05) is 11.5 Å². The van der Waals surface area contributed by atoms with Gasteiger partial charge in [-0.25, -0.2) is 9.00 Å². The average Bonchev–Trinajstić information content (AvgIpc) is 2.65. The van der Waals surface area contributed by atoms with Crippen LogP contribution in [-0.4, -0.2) is 26.8 Å². The fourth-order valence-electron chi connectivity index (χ4n) is 1.74. The molecule has 4 nitrogen and oxygen atoms in total. The first-order valence-corrected chi connectivity index (χ1v) is 7.00. The van der Waals surface area contributed by atoms with Gasteiger partial charge in [0.15, 0.2) is 0 Å². The Balaban J connectivity index is 2.38. The zero-order valence-corrected chi connectivity index (χ0v) is 9.57. The maximum Gasteiger partial charge on any atom is 0.335 e. The smallest absolute Gasteiger partial charge is 0.335 e. The van der Waals surface area contributed by atoms with Gasteiger partial charge < -0.3 is 5.11 Å². The van der Waals surface area contributed by atoms with E-state index >= 15 is 0 Å². The molecule has 0 unspecified atom stereocenters. The molecule has 1 aliphatic rings. The lowest BCUT2D eigenvalue weighted by Gasteiger charge is -2.01. The fraction of sp³-hybridized carbons (Fsp3) is 0.364. The summed E-state index contributed by atoms with van der Waals surface area (Å²) in [6.07, 6.45) is 1.89. The summed E-state index contributed by atoms with van der Waals surface area (Å²) < 4.78 is 16.3. The van der Waals surface area contributed by atoms with Gasteiger partial charge in [-0.3, -0.25) is 0 Å². The summed E-state index contributed by atoms with van der Waals surface area (Å²) >= 11 is 0. The van der Waals surface area contributed by atoms with Crippen molar-refractivity contribution < 1.29 is 14.1 Å². The number of hydrogen-bond donors (Lipinski definition) is 1. The van der Waals surface area contributed by atoms with E-state index in [1.54, 1.807) is 12.1 Å². The fourth-order valence-corrected chi connectivity index (χ4v) is 3.93. The first kappa shape index (κ1) is 11.1. The van der Waals surface area contributed by atoms with Gasteiger partial charge in [-0.1, -0.05) is 6.07 Å². The molecule has 1 aliphatic heterocycles. The minimum atomic E-state index is -2.12. The van der Waals surface area contributed by atoms with Gasteiger partial charge in [0.1, 0.15) is 0 Å². The predicted molar refractivity (Wildman–Crippen MR) is 62.6 cm³/mol. The van der Waals surface area contributed by atoms with Crippen molar-refractivity contribution in [3.05, 3.63) is 29.8 Å². The quantitative estimate of drug-likeness (QED) is 0.860. The highest BCUT2D eigenvalue weighted by Gasteiger charge is 2.16. The molecule has 0 amide bonds. The van der Waals surface area contributed by atoms with Crippen LogP contribution in [0.15, 0.2) is 28.6 Å². The standard InChI is InChI=1S/C11H13NO3S/c13-11(14)9-4-3-5-10(8-9)12-16(15)6-1-2-7-16/h3-5,8H,1-2,6-7H2,(H,13,14). The van der Waals surface area contributed by atoms with Gasteiger partial charge >= 0.3 is 5.97 Å². The number of hydrogen-bond acceptors (Lipinski definition) is 3. The van der Waals surface area contributed by atoms with Crippen molar-refractivity contribution in [2.24, 2.45) is 4.36 Å². The largest absolute Gasteiger partial charge is 0.478 e. The van der Waals surface area contributed by atoms with Crippen LogP contribution in [0.3, 0.4) is 0 Å². The lowest BCUT2D eigenvalue weighted by molar-refractivity contribution is 0.0697. The van der Waals surface area contributed by atoms with E-state index < -0.39 is 15.7 Å². The van der Waals surface area contributed by atoms with Gasteiger partial charge in [0.2, 0.25) is 0 Å². The summed E-state index contributed by atoms with van der Waals surface area (Å²) in [5.41, 5.74) is 0.689. The van der Waals surface area contributed by atoms with Crippen LogP contribution in [0.25, 0.3) is 0 Å². The van der Waals surface area contributed by atoms with Gasteiger partial charge in [-0.05, 0) is 31.0 Å². The average molecular weight is 239 g/mol. The van der Waals surface area contributed by atoms with Crippen LogP contribution in [0.5, 0.6) is 0 Å². The Morgan fingerprint density at radius 2 is 2.00 bits per heavy atom. The minimum absolute atomic E-state index is 0.183. The summed E-state index contributed by atoms with van der Waals surface area (Å²) in [5.74, 6) is 0.271. The topological polar surface area (TPSA) is 66.7 Å². The number of aromatic carboxylic acids is 1. The van der Waals surface area contributed by atoms with Gasteiger partial charge in [-0.2, -0.15) is 4.36 Å². The van der Waals surface area contributed by atoms with E-state index in [0.29, 0.717) is 17.2 Å². The Bertz CT molecular complexity index is 518. The number of carbonyl (C=O) groups is 1. The van der Waals surface area contributed by atoms with E-state index in [4.69, 9.17) is 5.11 Å². The number of benzene rings is 1. The molecule has 1 aromatic rings. The number of rotatable bonds is 2. The van der Waals surface area contributed by atoms with E-state index in [1.165, 1.54) is 12.1 Å². The minimum Gasteiger partial charge on any atom is -0.478 e. The number of carboxylic acid groups (broad SMARTS) is 1. The first-order chi connectivity index (χ1) is 7.59. The molecule has 5 heteroatoms. The molecule has 0 atom stereocenters. The van der Waals surface area contributed by atoms with Crippen molar-refractivity contribution >= 4 is 21.4 Å². The van der Waals surface area contributed by atoms with Crippen LogP contribution in [0.1, 0.15) is 23.2 Å². The molecule has 0 aromatic heterocycles. The summed E-state index contributed by atoms with van der Waals surface area (Å²) in [4.78, 5) is 10.8. The van der Waals surface area contributed by atoms with E-state index in [1.807, 2.05) is 0 Å². The Morgan fingerprint density at radius 1 is 1.31 bits per heavy atom. The molecular weight excluding hydrogens is 226 g/mol. The van der Waals surface area contributed by atoms with Crippen LogP contribution in [0, 0.1) is 0 Å². The maximum atomic E-state index is 12.1. The molecule has 86 valence electrons. The van der Waals surface area contributed by atoms with Crippen LogP contribution in [0.2, 0.25) is 0 Å². The molecule has 0 saturated carbocycles. The monoisotopic (exact) mass is 239 g/mol. The molecule has 1 aromatic carbocycles. The summed E-state index contributed by atoms with van der Waals surface area (Å²) in [6.45, 7) is 0. The van der Waals surface area contributed by atoms with E-state index in [2.05, 4.69) is 4.36 Å². The summed E-state index contributed by atoms with van der Waals surface area (Å²) in [7, 11) is -2.12. The Morgan fingerprint density at radius 3 is 2.62 bits per heavy atom. The number of carboxylic acids is 1. The predicted octanol–water partition coefficient (Wildman–Crippen LogP) is 2.28. The Hall–Kier alpha value is -1.36. The van der Waals surface area contributed by atoms with Crippen molar-refractivity contribution in [1.29, 1.82) is 0 Å². The molecule has 16 heavy (non-hydrogen) atoms. The van der Waals surface area contributed by atoms with Gasteiger partial charge in [0.25, 0.3) is 0 Å². The van der Waals surface area contributed by atoms with Crippen LogP contribution >= 0.6 is 0 Å². The molecule has 0 radical (unpaired) electrons. The van der Waals surface area contributed by atoms with Gasteiger partial charge in [0.05, 0.1) is 21.0 Å². The summed E-state index contributed by atoms with van der Waals surface area (Å²) in [5, 5.41) is 8.82. The van der Waals surface area contributed by atoms with E-state index in [9.17, 15) is 9.00 Å². The number of nitrogens with zero attached hydrogens (tertiary/aromatic N) is 1. The Labute approximate surface area is 94.5 Å². The second-order valence-corrected chi connectivity index (χ2v) is 6.38. The molecule has 0 spiro atoms. The third-order valence-electron chi connectivity index (χ3n) is 2.54. The van der Waals surface area contributed by atoms with Crippen molar-refractivity contribution in [2.45, 2.75) is 12.8 Å². The lowest BCUT2D eigenvalue weighted by Crippen LogP contribution is -2.00. The van der Waals surface area contributed by atoms with Crippen molar-refractivity contribution in [2.75, 3.05) is 11.5 Å². The highest BCUT2D eigenvalue weighted by atomic mass is 32.2. The van der Waals surface area contributed by atoms with Crippen LogP contribution in [-0.2, 0) is 9.73 Å². The van der Waals surface area contributed by atoms with Crippen LogP contribution in [0.4, 0.5) is 5.69 Å². The molecule has 1 heterocycles. The van der Waals surface area contributed by atoms with Crippen molar-refractivity contribution in [3.63, 3.8) is 0 Å². The molecule has 1 fully saturated rings. The third kappa shape index (κ3) is 2.41. The second-order valence-electron chi connectivity index (χ2n) is 3.83. The highest BCUT2D eigenvalue weighted by molar-refractivity contribution is 7.93. The van der Waals surface area contributed by atoms with E-state index in [-0.39, 0.29) is 5.56 Å². The van der Waals surface area contributed by atoms with Crippen LogP contribution < -0.4 is 0 Å². The SMILES string of the molecule is O=C(O)c1cccc(N=S2(=O)CCCC2)c1. The normalized spacial score (nSPS) is 18.2. The lowest BCUT2D eigenvalue weighted by atomic mass is 10.2. The third-order valence-corrected chi connectivity index (χ3v) is 4.94. The first-order valence-electron chi connectivity index (χ1n) is 5.15. The molecule has 0 aliphatic carbocycles. The zero-order valence-electron chi connectivity index (χ0n) is 8.76. The highest BCUT2D eigenvalue weighted by Crippen LogP contribution is 2.21. The molecule has 2 rings (SSSR count). The second kappa shape index (κ2) is 4.25. The molecule has 1 saturated heterocycles. The molecular formula is C11H13NO3S. The molecule has 0 bridgehead atoms. The summed E-state index contributed by atoms with van der Waals surface area (Å²) in [6, 6.07) is 6.29. The zero-order chi connectivity index (χ0) is 11.6. The van der Waals surface area contributed by atoms with Crippen molar-refractivity contribution in [3.8, 4) is 0 Å². The Kier molecular flexibility index (Phi) is 2.96. The van der Waals surface area contributed by atoms with Gasteiger partial charge in [-0.15, -0.1) is 0 Å².